The second-order valence-corrected chi connectivity index (χ2v) is 6.04. The summed E-state index contributed by atoms with van der Waals surface area (Å²) in [5.41, 5.74) is 3.29. The lowest BCUT2D eigenvalue weighted by Crippen LogP contribution is -2.02. The second-order valence-electron chi connectivity index (χ2n) is 5.18. The maximum atomic E-state index is 11.6. The van der Waals surface area contributed by atoms with E-state index in [-0.39, 0.29) is 18.0 Å². The molecular formula is C20H15BrClNO2. The van der Waals surface area contributed by atoms with Crippen LogP contribution in [-0.2, 0) is 0 Å². The van der Waals surface area contributed by atoms with Gasteiger partial charge in [-0.05, 0) is 29.3 Å². The Balaban J connectivity index is 0.00000225. The number of rotatable bonds is 4. The number of hydrogen-bond acceptors (Lipinski definition) is 2. The van der Waals surface area contributed by atoms with Crippen molar-refractivity contribution in [3.63, 3.8) is 0 Å². The van der Waals surface area contributed by atoms with Gasteiger partial charge in [-0.2, -0.15) is 0 Å². The van der Waals surface area contributed by atoms with Crippen LogP contribution < -0.4 is 0 Å². The zero-order chi connectivity index (χ0) is 16.9. The van der Waals surface area contributed by atoms with Gasteiger partial charge in [0.1, 0.15) is 0 Å². The molecule has 0 aliphatic carbocycles. The lowest BCUT2D eigenvalue weighted by Gasteiger charge is -2.06. The molecule has 0 amide bonds. The Morgan fingerprint density at radius 3 is 2.32 bits per heavy atom. The molecule has 2 aromatic carbocycles. The van der Waals surface area contributed by atoms with Crippen molar-refractivity contribution in [3.8, 4) is 11.1 Å². The summed E-state index contributed by atoms with van der Waals surface area (Å²) in [5, 5.41) is 9.51. The topological polar surface area (TPSA) is 50.2 Å². The molecule has 0 spiro atoms. The average molecular weight is 417 g/mol. The standard InChI is InChI=1S/C20H14BrNO2.ClH/c21-18-9-5-4-8-15(18)10-11-19-17(20(23)24)12-16(13-22-19)14-6-2-1-3-7-14;/h1-13H,(H,23,24);1H. The SMILES string of the molecule is Cl.O=C(O)c1cc(-c2ccccc2)cnc1C=Cc1ccccc1Br. The first-order valence-electron chi connectivity index (χ1n) is 7.36. The van der Waals surface area contributed by atoms with E-state index in [1.54, 1.807) is 18.3 Å². The summed E-state index contributed by atoms with van der Waals surface area (Å²) in [6, 6.07) is 19.0. The Kier molecular flexibility index (Phi) is 6.51. The molecule has 5 heteroatoms. The molecule has 126 valence electrons. The van der Waals surface area contributed by atoms with Gasteiger partial charge in [0.25, 0.3) is 0 Å². The summed E-state index contributed by atoms with van der Waals surface area (Å²) in [6.07, 6.45) is 5.26. The smallest absolute Gasteiger partial charge is 0.337 e. The minimum Gasteiger partial charge on any atom is -0.478 e. The van der Waals surface area contributed by atoms with E-state index in [0.717, 1.165) is 21.2 Å². The predicted octanol–water partition coefficient (Wildman–Crippen LogP) is 5.80. The first-order valence-corrected chi connectivity index (χ1v) is 8.16. The van der Waals surface area contributed by atoms with Crippen LogP contribution in [0.15, 0.2) is 71.3 Å². The van der Waals surface area contributed by atoms with E-state index in [1.165, 1.54) is 0 Å². The predicted molar refractivity (Wildman–Crippen MR) is 107 cm³/mol. The third kappa shape index (κ3) is 4.56. The maximum Gasteiger partial charge on any atom is 0.337 e. The molecule has 0 radical (unpaired) electrons. The first kappa shape index (κ1) is 18.9. The Hall–Kier alpha value is -2.43. The summed E-state index contributed by atoms with van der Waals surface area (Å²) >= 11 is 3.47. The molecule has 1 N–H and O–H groups in total. The minimum atomic E-state index is -0.993. The zero-order valence-electron chi connectivity index (χ0n) is 13.1. The van der Waals surface area contributed by atoms with Gasteiger partial charge in [-0.3, -0.25) is 4.98 Å². The van der Waals surface area contributed by atoms with Gasteiger partial charge in [0.15, 0.2) is 0 Å². The highest BCUT2D eigenvalue weighted by Gasteiger charge is 2.11. The fourth-order valence-corrected chi connectivity index (χ4v) is 2.76. The fourth-order valence-electron chi connectivity index (χ4n) is 2.35. The number of carboxylic acids is 1. The third-order valence-corrected chi connectivity index (χ3v) is 4.30. The minimum absolute atomic E-state index is 0. The van der Waals surface area contributed by atoms with Crippen LogP contribution in [0.5, 0.6) is 0 Å². The van der Waals surface area contributed by atoms with Gasteiger partial charge in [-0.15, -0.1) is 12.4 Å². The number of nitrogens with zero attached hydrogens (tertiary/aromatic N) is 1. The lowest BCUT2D eigenvalue weighted by molar-refractivity contribution is 0.0696. The van der Waals surface area contributed by atoms with E-state index in [0.29, 0.717) is 5.69 Å². The van der Waals surface area contributed by atoms with E-state index < -0.39 is 5.97 Å². The van der Waals surface area contributed by atoms with Crippen LogP contribution in [0.25, 0.3) is 23.3 Å². The number of hydrogen-bond donors (Lipinski definition) is 1. The van der Waals surface area contributed by atoms with Gasteiger partial charge in [-0.1, -0.05) is 70.5 Å². The van der Waals surface area contributed by atoms with E-state index in [9.17, 15) is 9.90 Å². The van der Waals surface area contributed by atoms with E-state index in [1.807, 2.05) is 60.7 Å². The molecule has 0 aliphatic rings. The Morgan fingerprint density at radius 2 is 1.64 bits per heavy atom. The summed E-state index contributed by atoms with van der Waals surface area (Å²) in [6.45, 7) is 0. The van der Waals surface area contributed by atoms with Crippen molar-refractivity contribution in [1.29, 1.82) is 0 Å². The van der Waals surface area contributed by atoms with E-state index >= 15 is 0 Å². The van der Waals surface area contributed by atoms with E-state index in [2.05, 4.69) is 20.9 Å². The van der Waals surface area contributed by atoms with Crippen molar-refractivity contribution in [2.24, 2.45) is 0 Å². The number of benzene rings is 2. The van der Waals surface area contributed by atoms with Crippen molar-refractivity contribution in [2.75, 3.05) is 0 Å². The van der Waals surface area contributed by atoms with Gasteiger partial charge in [0.2, 0.25) is 0 Å². The Labute approximate surface area is 160 Å². The number of halogens is 2. The van der Waals surface area contributed by atoms with Crippen molar-refractivity contribution < 1.29 is 9.90 Å². The second kappa shape index (κ2) is 8.60. The fraction of sp³-hybridized carbons (Fsp3) is 0. The monoisotopic (exact) mass is 415 g/mol. The third-order valence-electron chi connectivity index (χ3n) is 3.58. The van der Waals surface area contributed by atoms with Crippen LogP contribution >= 0.6 is 28.3 Å². The molecule has 0 bridgehead atoms. The van der Waals surface area contributed by atoms with Gasteiger partial charge in [0.05, 0.1) is 11.3 Å². The summed E-state index contributed by atoms with van der Waals surface area (Å²) in [5.74, 6) is -0.993. The number of pyridine rings is 1. The molecular weight excluding hydrogens is 402 g/mol. The molecule has 25 heavy (non-hydrogen) atoms. The van der Waals surface area contributed by atoms with Crippen LogP contribution in [0, 0.1) is 0 Å². The molecule has 0 aliphatic heterocycles. The lowest BCUT2D eigenvalue weighted by atomic mass is 10.0. The molecule has 3 rings (SSSR count). The van der Waals surface area contributed by atoms with Crippen molar-refractivity contribution in [1.82, 2.24) is 4.98 Å². The summed E-state index contributed by atoms with van der Waals surface area (Å²) < 4.78 is 0.944. The molecule has 0 saturated carbocycles. The Bertz CT molecular complexity index is 911. The van der Waals surface area contributed by atoms with Gasteiger partial charge in [-0.25, -0.2) is 4.79 Å². The van der Waals surface area contributed by atoms with Crippen LogP contribution in [0.4, 0.5) is 0 Å². The summed E-state index contributed by atoms with van der Waals surface area (Å²) in [7, 11) is 0. The van der Waals surface area contributed by atoms with Crippen molar-refractivity contribution in [2.45, 2.75) is 0 Å². The van der Waals surface area contributed by atoms with Crippen LogP contribution in [-0.4, -0.2) is 16.1 Å². The molecule has 1 aromatic heterocycles. The van der Waals surface area contributed by atoms with E-state index in [4.69, 9.17) is 0 Å². The number of aromatic carboxylic acids is 1. The van der Waals surface area contributed by atoms with Crippen LogP contribution in [0.1, 0.15) is 21.6 Å². The zero-order valence-corrected chi connectivity index (χ0v) is 15.5. The highest BCUT2D eigenvalue weighted by atomic mass is 79.9. The van der Waals surface area contributed by atoms with Gasteiger partial charge in [0, 0.05) is 16.2 Å². The van der Waals surface area contributed by atoms with Crippen molar-refractivity contribution >= 4 is 46.5 Å². The van der Waals surface area contributed by atoms with Gasteiger partial charge < -0.3 is 5.11 Å². The first-order chi connectivity index (χ1) is 11.6. The highest BCUT2D eigenvalue weighted by Crippen LogP contribution is 2.23. The molecule has 0 fully saturated rings. The molecule has 1 heterocycles. The molecule has 3 aromatic rings. The Morgan fingerprint density at radius 1 is 0.960 bits per heavy atom. The number of carboxylic acid groups (broad SMARTS) is 1. The largest absolute Gasteiger partial charge is 0.478 e. The van der Waals surface area contributed by atoms with Crippen molar-refractivity contribution in [3.05, 3.63) is 88.2 Å². The number of carbonyl (C=O) groups is 1. The molecule has 3 nitrogen and oxygen atoms in total. The molecule has 0 saturated heterocycles. The molecule has 0 atom stereocenters. The van der Waals surface area contributed by atoms with Crippen LogP contribution in [0.2, 0.25) is 0 Å². The van der Waals surface area contributed by atoms with Crippen LogP contribution in [0.3, 0.4) is 0 Å². The highest BCUT2D eigenvalue weighted by molar-refractivity contribution is 9.10. The molecule has 0 unspecified atom stereocenters. The van der Waals surface area contributed by atoms with Gasteiger partial charge >= 0.3 is 5.97 Å². The average Bonchev–Trinajstić information content (AvgIpc) is 2.61. The normalized spacial score (nSPS) is 10.4. The quantitative estimate of drug-likeness (QED) is 0.584. The number of aromatic nitrogens is 1. The summed E-state index contributed by atoms with van der Waals surface area (Å²) in [4.78, 5) is 15.9. The maximum absolute atomic E-state index is 11.6.